The van der Waals surface area contributed by atoms with Crippen LogP contribution in [0.3, 0.4) is 0 Å². The lowest BCUT2D eigenvalue weighted by molar-refractivity contribution is 0.200. The van der Waals surface area contributed by atoms with Crippen LogP contribution in [0.2, 0.25) is 0 Å². The maximum Gasteiger partial charge on any atom is 0.137 e. The molecule has 0 aliphatic carbocycles. The average Bonchev–Trinajstić information content (AvgIpc) is 2.99. The lowest BCUT2D eigenvalue weighted by Crippen LogP contribution is -2.45. The first kappa shape index (κ1) is 14.2. The number of hydrogen-bond donors (Lipinski definition) is 1. The molecule has 0 spiro atoms. The van der Waals surface area contributed by atoms with Gasteiger partial charge in [-0.15, -0.1) is 11.3 Å². The van der Waals surface area contributed by atoms with Gasteiger partial charge in [-0.2, -0.15) is 0 Å². The monoisotopic (exact) mass is 354 g/mol. The summed E-state index contributed by atoms with van der Waals surface area (Å²) in [5.41, 5.74) is 1.01. The molecule has 0 unspecified atom stereocenters. The molecule has 1 atom stereocenters. The largest absolute Gasteiger partial charge is 0.314 e. The lowest BCUT2D eigenvalue weighted by atomic mass is 10.0. The Kier molecular flexibility index (Phi) is 4.51. The number of nitrogens with zero attached hydrogens (tertiary/aromatic N) is 1. The van der Waals surface area contributed by atoms with Gasteiger partial charge in [-0.1, -0.05) is 18.2 Å². The van der Waals surface area contributed by atoms with Gasteiger partial charge >= 0.3 is 0 Å². The molecule has 1 fully saturated rings. The zero-order valence-corrected chi connectivity index (χ0v) is 13.4. The molecule has 0 radical (unpaired) electrons. The Balaban J connectivity index is 2.03. The van der Waals surface area contributed by atoms with E-state index in [1.54, 1.807) is 17.4 Å². The van der Waals surface area contributed by atoms with Crippen molar-refractivity contribution in [1.29, 1.82) is 0 Å². The van der Waals surface area contributed by atoms with Gasteiger partial charge < -0.3 is 5.32 Å². The molecule has 1 aliphatic rings. The number of nitrogens with one attached hydrogen (secondary N) is 1. The normalized spacial score (nSPS) is 18.1. The first-order valence-electron chi connectivity index (χ1n) is 6.69. The summed E-state index contributed by atoms with van der Waals surface area (Å²) >= 11 is 5.15. The molecular weight excluding hydrogens is 339 g/mol. The number of piperazine rings is 1. The van der Waals surface area contributed by atoms with Gasteiger partial charge in [0.2, 0.25) is 0 Å². The molecule has 106 valence electrons. The van der Waals surface area contributed by atoms with Crippen LogP contribution >= 0.6 is 27.3 Å². The maximum atomic E-state index is 13.9. The second-order valence-electron chi connectivity index (χ2n) is 4.85. The Labute approximate surface area is 130 Å². The standard InChI is InChI=1S/C15H16BrFN2S/c16-14-11(3-1-4-12(14)17)15(13-5-2-10-20-13)19-8-6-18-7-9-19/h1-5,10,15,18H,6-9H2/t15-/m0/s1. The average molecular weight is 355 g/mol. The van der Waals surface area contributed by atoms with E-state index in [0.29, 0.717) is 4.47 Å². The van der Waals surface area contributed by atoms with Crippen LogP contribution in [0.15, 0.2) is 40.2 Å². The number of hydrogen-bond acceptors (Lipinski definition) is 3. The van der Waals surface area contributed by atoms with Gasteiger partial charge in [0.15, 0.2) is 0 Å². The van der Waals surface area contributed by atoms with Crippen molar-refractivity contribution < 1.29 is 4.39 Å². The molecule has 2 aromatic rings. The quantitative estimate of drug-likeness (QED) is 0.904. The maximum absolute atomic E-state index is 13.9. The fourth-order valence-corrected chi connectivity index (χ4v) is 4.01. The van der Waals surface area contributed by atoms with Gasteiger partial charge in [0, 0.05) is 31.1 Å². The number of benzene rings is 1. The van der Waals surface area contributed by atoms with Crippen LogP contribution in [-0.4, -0.2) is 31.1 Å². The summed E-state index contributed by atoms with van der Waals surface area (Å²) in [5, 5.41) is 5.45. The second kappa shape index (κ2) is 6.35. The van der Waals surface area contributed by atoms with Crippen molar-refractivity contribution in [3.05, 3.63) is 56.4 Å². The highest BCUT2D eigenvalue weighted by atomic mass is 79.9. The minimum absolute atomic E-state index is 0.127. The third-order valence-electron chi connectivity index (χ3n) is 3.61. The van der Waals surface area contributed by atoms with Crippen LogP contribution in [0.4, 0.5) is 4.39 Å². The fraction of sp³-hybridized carbons (Fsp3) is 0.333. The van der Waals surface area contributed by atoms with Gasteiger partial charge in [0.25, 0.3) is 0 Å². The molecule has 1 aromatic heterocycles. The van der Waals surface area contributed by atoms with E-state index in [9.17, 15) is 4.39 Å². The number of halogens is 2. The molecule has 1 aromatic carbocycles. The Hall–Kier alpha value is -0.750. The molecule has 1 aliphatic heterocycles. The zero-order chi connectivity index (χ0) is 13.9. The number of rotatable bonds is 3. The summed E-state index contributed by atoms with van der Waals surface area (Å²) in [6.07, 6.45) is 0. The van der Waals surface area contributed by atoms with E-state index in [4.69, 9.17) is 0 Å². The summed E-state index contributed by atoms with van der Waals surface area (Å²) in [5.74, 6) is -0.195. The van der Waals surface area contributed by atoms with E-state index < -0.39 is 0 Å². The van der Waals surface area contributed by atoms with Gasteiger partial charge in [-0.25, -0.2) is 4.39 Å². The van der Waals surface area contributed by atoms with E-state index in [0.717, 1.165) is 31.7 Å². The fourth-order valence-electron chi connectivity index (χ4n) is 2.65. The van der Waals surface area contributed by atoms with Crippen LogP contribution in [0, 0.1) is 5.82 Å². The van der Waals surface area contributed by atoms with E-state index in [-0.39, 0.29) is 11.9 Å². The van der Waals surface area contributed by atoms with Crippen LogP contribution in [0.5, 0.6) is 0 Å². The van der Waals surface area contributed by atoms with E-state index in [2.05, 4.69) is 43.7 Å². The summed E-state index contributed by atoms with van der Waals surface area (Å²) in [7, 11) is 0. The van der Waals surface area contributed by atoms with Crippen LogP contribution < -0.4 is 5.32 Å². The molecule has 0 bridgehead atoms. The summed E-state index contributed by atoms with van der Waals surface area (Å²) in [4.78, 5) is 3.68. The predicted molar refractivity (Wildman–Crippen MR) is 84.7 cm³/mol. The molecular formula is C15H16BrFN2S. The molecule has 1 N–H and O–H groups in total. The van der Waals surface area contributed by atoms with Crippen molar-refractivity contribution in [2.75, 3.05) is 26.2 Å². The molecule has 2 nitrogen and oxygen atoms in total. The van der Waals surface area contributed by atoms with Crippen molar-refractivity contribution >= 4 is 27.3 Å². The Morgan fingerprint density at radius 3 is 2.70 bits per heavy atom. The van der Waals surface area contributed by atoms with E-state index >= 15 is 0 Å². The van der Waals surface area contributed by atoms with Crippen molar-refractivity contribution in [2.24, 2.45) is 0 Å². The number of thiophene rings is 1. The molecule has 2 heterocycles. The highest BCUT2D eigenvalue weighted by Gasteiger charge is 2.27. The Morgan fingerprint density at radius 1 is 1.20 bits per heavy atom. The summed E-state index contributed by atoms with van der Waals surface area (Å²) in [6.45, 7) is 3.92. The molecule has 1 saturated heterocycles. The van der Waals surface area contributed by atoms with Gasteiger partial charge in [-0.05, 0) is 39.0 Å². The molecule has 0 amide bonds. The van der Waals surface area contributed by atoms with Crippen LogP contribution in [0.1, 0.15) is 16.5 Å². The SMILES string of the molecule is Fc1cccc([C@@H](c2cccs2)N2CCNCC2)c1Br. The third kappa shape index (κ3) is 2.81. The second-order valence-corrected chi connectivity index (χ2v) is 6.62. The van der Waals surface area contributed by atoms with Crippen LogP contribution in [0.25, 0.3) is 0 Å². The topological polar surface area (TPSA) is 15.3 Å². The first-order valence-corrected chi connectivity index (χ1v) is 8.36. The highest BCUT2D eigenvalue weighted by molar-refractivity contribution is 9.10. The molecule has 5 heteroatoms. The third-order valence-corrected chi connectivity index (χ3v) is 5.37. The summed E-state index contributed by atoms with van der Waals surface area (Å²) < 4.78 is 14.5. The molecule has 20 heavy (non-hydrogen) atoms. The Bertz CT molecular complexity index is 567. The van der Waals surface area contributed by atoms with Gasteiger partial charge in [-0.3, -0.25) is 4.90 Å². The Morgan fingerprint density at radius 2 is 2.00 bits per heavy atom. The van der Waals surface area contributed by atoms with Crippen molar-refractivity contribution in [2.45, 2.75) is 6.04 Å². The summed E-state index contributed by atoms with van der Waals surface area (Å²) in [6, 6.07) is 9.62. The first-order chi connectivity index (χ1) is 9.77. The highest BCUT2D eigenvalue weighted by Crippen LogP contribution is 2.36. The van der Waals surface area contributed by atoms with E-state index in [1.165, 1.54) is 10.9 Å². The minimum Gasteiger partial charge on any atom is -0.314 e. The van der Waals surface area contributed by atoms with Crippen LogP contribution in [-0.2, 0) is 0 Å². The molecule has 3 rings (SSSR count). The minimum atomic E-state index is -0.195. The van der Waals surface area contributed by atoms with Crippen molar-refractivity contribution in [3.8, 4) is 0 Å². The van der Waals surface area contributed by atoms with Gasteiger partial charge in [0.05, 0.1) is 10.5 Å². The van der Waals surface area contributed by atoms with E-state index in [1.807, 2.05) is 6.07 Å². The smallest absolute Gasteiger partial charge is 0.137 e. The van der Waals surface area contributed by atoms with Gasteiger partial charge in [0.1, 0.15) is 5.82 Å². The zero-order valence-electron chi connectivity index (χ0n) is 11.0. The predicted octanol–water partition coefficient (Wildman–Crippen LogP) is 3.64. The lowest BCUT2D eigenvalue weighted by Gasteiger charge is -2.35. The van der Waals surface area contributed by atoms with Crippen molar-refractivity contribution in [1.82, 2.24) is 10.2 Å². The molecule has 0 saturated carbocycles. The van der Waals surface area contributed by atoms with Crippen molar-refractivity contribution in [3.63, 3.8) is 0 Å².